The summed E-state index contributed by atoms with van der Waals surface area (Å²) in [4.78, 5) is 14.1. The molecule has 2 atom stereocenters. The van der Waals surface area contributed by atoms with Gasteiger partial charge in [0, 0.05) is 20.3 Å². The third-order valence-electron chi connectivity index (χ3n) is 3.56. The first-order chi connectivity index (χ1) is 8.65. The van der Waals surface area contributed by atoms with Gasteiger partial charge >= 0.3 is 5.97 Å². The Bertz CT molecular complexity index is 245. The van der Waals surface area contributed by atoms with Gasteiger partial charge in [-0.2, -0.15) is 0 Å². The molecule has 0 aromatic heterocycles. The molecule has 106 valence electrons. The number of methoxy groups -OCH3 is 1. The quantitative estimate of drug-likeness (QED) is 0.683. The van der Waals surface area contributed by atoms with Gasteiger partial charge in [0.15, 0.2) is 0 Å². The lowest BCUT2D eigenvalue weighted by molar-refractivity contribution is -0.151. The summed E-state index contributed by atoms with van der Waals surface area (Å²) < 4.78 is 10.7. The second kappa shape index (κ2) is 8.48. The lowest BCUT2D eigenvalue weighted by Crippen LogP contribution is -2.31. The van der Waals surface area contributed by atoms with Crippen molar-refractivity contribution >= 4 is 5.97 Å². The summed E-state index contributed by atoms with van der Waals surface area (Å²) in [5, 5.41) is 0. The van der Waals surface area contributed by atoms with Gasteiger partial charge in [-0.05, 0) is 38.8 Å². The van der Waals surface area contributed by atoms with Gasteiger partial charge in [-0.25, -0.2) is 0 Å². The molecule has 4 nitrogen and oxygen atoms in total. The molecule has 0 aromatic rings. The number of carbonyl (C=O) groups is 1. The van der Waals surface area contributed by atoms with E-state index in [-0.39, 0.29) is 18.0 Å². The molecule has 1 aliphatic rings. The van der Waals surface area contributed by atoms with E-state index in [1.807, 2.05) is 0 Å². The maximum Gasteiger partial charge on any atom is 0.306 e. The van der Waals surface area contributed by atoms with Gasteiger partial charge in [0.1, 0.15) is 6.10 Å². The fraction of sp³-hybridized carbons (Fsp3) is 0.929. The van der Waals surface area contributed by atoms with Crippen molar-refractivity contribution in [1.82, 2.24) is 4.90 Å². The molecule has 0 bridgehead atoms. The Balaban J connectivity index is 2.33. The first-order valence-electron chi connectivity index (χ1n) is 7.02. The second-order valence-corrected chi connectivity index (χ2v) is 5.30. The molecule has 1 heterocycles. The SMILES string of the molecule is CCC(COC)CC(=O)OC1CCCCN(C)C1. The van der Waals surface area contributed by atoms with Gasteiger partial charge in [-0.15, -0.1) is 0 Å². The first-order valence-corrected chi connectivity index (χ1v) is 7.02. The molecule has 0 N–H and O–H groups in total. The molecular formula is C14H27NO3. The number of carbonyl (C=O) groups excluding carboxylic acids is 1. The number of rotatable bonds is 6. The number of hydrogen-bond acceptors (Lipinski definition) is 4. The van der Waals surface area contributed by atoms with Crippen LogP contribution in [0.4, 0.5) is 0 Å². The van der Waals surface area contributed by atoms with Crippen molar-refractivity contribution < 1.29 is 14.3 Å². The third-order valence-corrected chi connectivity index (χ3v) is 3.56. The minimum Gasteiger partial charge on any atom is -0.461 e. The summed E-state index contributed by atoms with van der Waals surface area (Å²) >= 11 is 0. The van der Waals surface area contributed by atoms with Crippen LogP contribution in [0.25, 0.3) is 0 Å². The van der Waals surface area contributed by atoms with Gasteiger partial charge in [0.2, 0.25) is 0 Å². The largest absolute Gasteiger partial charge is 0.461 e. The molecule has 0 aromatic carbocycles. The lowest BCUT2D eigenvalue weighted by atomic mass is 10.0. The Morgan fingerprint density at radius 1 is 1.44 bits per heavy atom. The predicted molar refractivity (Wildman–Crippen MR) is 71.5 cm³/mol. The third kappa shape index (κ3) is 5.83. The summed E-state index contributed by atoms with van der Waals surface area (Å²) in [6.45, 7) is 4.69. The van der Waals surface area contributed by atoms with Gasteiger partial charge in [-0.3, -0.25) is 4.79 Å². The molecule has 0 saturated carbocycles. The van der Waals surface area contributed by atoms with Crippen LogP contribution < -0.4 is 0 Å². The van der Waals surface area contributed by atoms with Crippen molar-refractivity contribution in [1.29, 1.82) is 0 Å². The maximum absolute atomic E-state index is 11.9. The molecule has 0 radical (unpaired) electrons. The van der Waals surface area contributed by atoms with E-state index in [2.05, 4.69) is 18.9 Å². The molecule has 0 aliphatic carbocycles. The lowest BCUT2D eigenvalue weighted by Gasteiger charge is -2.21. The average molecular weight is 257 g/mol. The first kappa shape index (κ1) is 15.4. The molecule has 1 saturated heterocycles. The van der Waals surface area contributed by atoms with Crippen molar-refractivity contribution in [3.63, 3.8) is 0 Å². The van der Waals surface area contributed by atoms with E-state index < -0.39 is 0 Å². The van der Waals surface area contributed by atoms with Crippen LogP contribution in [-0.4, -0.2) is 50.8 Å². The Morgan fingerprint density at radius 3 is 2.89 bits per heavy atom. The van der Waals surface area contributed by atoms with E-state index in [0.29, 0.717) is 13.0 Å². The molecule has 1 fully saturated rings. The summed E-state index contributed by atoms with van der Waals surface area (Å²) in [6, 6.07) is 0. The predicted octanol–water partition coefficient (Wildman–Crippen LogP) is 2.08. The smallest absolute Gasteiger partial charge is 0.306 e. The molecular weight excluding hydrogens is 230 g/mol. The Hall–Kier alpha value is -0.610. The number of hydrogen-bond donors (Lipinski definition) is 0. The minimum atomic E-state index is -0.0702. The number of ether oxygens (including phenoxy) is 2. The van der Waals surface area contributed by atoms with Crippen molar-refractivity contribution in [2.24, 2.45) is 5.92 Å². The zero-order valence-electron chi connectivity index (χ0n) is 12.0. The number of likely N-dealkylation sites (tertiary alicyclic amines) is 1. The van der Waals surface area contributed by atoms with Gasteiger partial charge in [0.05, 0.1) is 6.42 Å². The molecule has 2 unspecified atom stereocenters. The summed E-state index contributed by atoms with van der Waals surface area (Å²) in [7, 11) is 3.76. The van der Waals surface area contributed by atoms with E-state index in [9.17, 15) is 4.79 Å². The van der Waals surface area contributed by atoms with E-state index in [0.717, 1.165) is 32.4 Å². The second-order valence-electron chi connectivity index (χ2n) is 5.30. The normalized spacial score (nSPS) is 23.4. The zero-order valence-corrected chi connectivity index (χ0v) is 12.0. The van der Waals surface area contributed by atoms with Crippen LogP contribution in [0.2, 0.25) is 0 Å². The highest BCUT2D eigenvalue weighted by atomic mass is 16.5. The standard InChI is InChI=1S/C14H27NO3/c1-4-12(11-17-3)9-14(16)18-13-7-5-6-8-15(2)10-13/h12-13H,4-11H2,1-3H3. The van der Waals surface area contributed by atoms with Crippen molar-refractivity contribution in [3.8, 4) is 0 Å². The van der Waals surface area contributed by atoms with Gasteiger partial charge in [0.25, 0.3) is 0 Å². The highest BCUT2D eigenvalue weighted by Crippen LogP contribution is 2.15. The van der Waals surface area contributed by atoms with Crippen molar-refractivity contribution in [3.05, 3.63) is 0 Å². The van der Waals surface area contributed by atoms with Crippen LogP contribution in [0.15, 0.2) is 0 Å². The topological polar surface area (TPSA) is 38.8 Å². The number of esters is 1. The maximum atomic E-state index is 11.9. The molecule has 0 amide bonds. The van der Waals surface area contributed by atoms with Gasteiger partial charge < -0.3 is 14.4 Å². The van der Waals surface area contributed by atoms with Gasteiger partial charge in [-0.1, -0.05) is 13.3 Å². The molecule has 4 heteroatoms. The van der Waals surface area contributed by atoms with E-state index >= 15 is 0 Å². The van der Waals surface area contributed by atoms with Crippen molar-refractivity contribution in [2.45, 2.75) is 45.1 Å². The van der Waals surface area contributed by atoms with E-state index in [4.69, 9.17) is 9.47 Å². The Morgan fingerprint density at radius 2 is 2.22 bits per heavy atom. The monoisotopic (exact) mass is 257 g/mol. The fourth-order valence-electron chi connectivity index (χ4n) is 2.41. The van der Waals surface area contributed by atoms with Crippen molar-refractivity contribution in [2.75, 3.05) is 33.9 Å². The molecule has 1 rings (SSSR count). The van der Waals surface area contributed by atoms with Crippen LogP contribution in [0, 0.1) is 5.92 Å². The minimum absolute atomic E-state index is 0.0702. The highest BCUT2D eigenvalue weighted by Gasteiger charge is 2.21. The van der Waals surface area contributed by atoms with Crippen LogP contribution in [0.1, 0.15) is 39.0 Å². The summed E-state index contributed by atoms with van der Waals surface area (Å²) in [5.74, 6) is 0.213. The average Bonchev–Trinajstić information content (AvgIpc) is 2.53. The van der Waals surface area contributed by atoms with E-state index in [1.165, 1.54) is 6.42 Å². The highest BCUT2D eigenvalue weighted by molar-refractivity contribution is 5.69. The number of nitrogens with zero attached hydrogens (tertiary/aromatic N) is 1. The zero-order chi connectivity index (χ0) is 13.4. The molecule has 18 heavy (non-hydrogen) atoms. The summed E-state index contributed by atoms with van der Waals surface area (Å²) in [6.07, 6.45) is 4.85. The van der Waals surface area contributed by atoms with E-state index in [1.54, 1.807) is 7.11 Å². The van der Waals surface area contributed by atoms with Crippen LogP contribution in [0.3, 0.4) is 0 Å². The van der Waals surface area contributed by atoms with Crippen LogP contribution >= 0.6 is 0 Å². The number of likely N-dealkylation sites (N-methyl/N-ethyl adjacent to an activating group) is 1. The Labute approximate surface area is 111 Å². The Kier molecular flexibility index (Phi) is 7.28. The fourth-order valence-corrected chi connectivity index (χ4v) is 2.41. The summed E-state index contributed by atoms with van der Waals surface area (Å²) in [5.41, 5.74) is 0. The van der Waals surface area contributed by atoms with Crippen LogP contribution in [-0.2, 0) is 14.3 Å². The van der Waals surface area contributed by atoms with Crippen LogP contribution in [0.5, 0.6) is 0 Å². The molecule has 0 spiro atoms. The molecule has 1 aliphatic heterocycles.